The molecule has 2 aromatic heterocycles. The van der Waals surface area contributed by atoms with Gasteiger partial charge in [0, 0.05) is 32.6 Å². The molecule has 1 N–H and O–H groups in total. The van der Waals surface area contributed by atoms with Crippen LogP contribution in [0.1, 0.15) is 25.7 Å². The van der Waals surface area contributed by atoms with Crippen LogP contribution in [-0.4, -0.2) is 33.7 Å². The Bertz CT molecular complexity index is 1200. The summed E-state index contributed by atoms with van der Waals surface area (Å²) in [6, 6.07) is 14.1. The smallest absolute Gasteiger partial charge is 0.227 e. The van der Waals surface area contributed by atoms with Gasteiger partial charge in [-0.2, -0.15) is 0 Å². The fourth-order valence-electron chi connectivity index (χ4n) is 3.49. The van der Waals surface area contributed by atoms with E-state index >= 15 is 0 Å². The van der Waals surface area contributed by atoms with E-state index < -0.39 is 0 Å². The highest BCUT2D eigenvalue weighted by Gasteiger charge is 2.15. The van der Waals surface area contributed by atoms with E-state index in [4.69, 9.17) is 9.15 Å². The van der Waals surface area contributed by atoms with E-state index in [1.165, 1.54) is 12.3 Å². The number of nitrogens with one attached hydrogen (secondary N) is 1. The molecule has 166 valence electrons. The predicted molar refractivity (Wildman–Crippen MR) is 120 cm³/mol. The molecule has 0 fully saturated rings. The zero-order valence-electron chi connectivity index (χ0n) is 17.9. The second-order valence-corrected chi connectivity index (χ2v) is 7.27. The minimum Gasteiger partial charge on any atom is -0.441 e. The average Bonchev–Trinajstić information content (AvgIpc) is 3.40. The summed E-state index contributed by atoms with van der Waals surface area (Å²) in [6.45, 7) is 3.96. The van der Waals surface area contributed by atoms with Gasteiger partial charge >= 0.3 is 0 Å². The van der Waals surface area contributed by atoms with Gasteiger partial charge < -0.3 is 13.7 Å². The summed E-state index contributed by atoms with van der Waals surface area (Å²) in [4.78, 5) is 21.3. The van der Waals surface area contributed by atoms with Crippen LogP contribution in [0.3, 0.4) is 0 Å². The van der Waals surface area contributed by atoms with Gasteiger partial charge in [0.1, 0.15) is 5.82 Å². The fraction of sp³-hybridized carbons (Fsp3) is 0.292. The molecule has 2 heterocycles. The fourth-order valence-corrected chi connectivity index (χ4v) is 3.49. The number of oxazole rings is 1. The molecule has 2 aromatic carbocycles. The zero-order valence-corrected chi connectivity index (χ0v) is 17.9. The topological polar surface area (TPSA) is 82.2 Å². The first kappa shape index (κ1) is 21.7. The number of hydrogen-bond donors (Lipinski definition) is 1. The summed E-state index contributed by atoms with van der Waals surface area (Å²) in [5.74, 6) is 0.651. The van der Waals surface area contributed by atoms with Crippen molar-refractivity contribution in [2.75, 3.05) is 18.5 Å². The van der Waals surface area contributed by atoms with Crippen LogP contribution < -0.4 is 5.32 Å². The number of anilines is 1. The second kappa shape index (κ2) is 10.2. The molecule has 0 bridgehead atoms. The molecular weight excluding hydrogens is 411 g/mol. The van der Waals surface area contributed by atoms with E-state index in [0.29, 0.717) is 49.3 Å². The van der Waals surface area contributed by atoms with Crippen LogP contribution in [0.4, 0.5) is 10.3 Å². The van der Waals surface area contributed by atoms with E-state index in [9.17, 15) is 9.18 Å². The van der Waals surface area contributed by atoms with Crippen molar-refractivity contribution in [3.63, 3.8) is 0 Å². The van der Waals surface area contributed by atoms with Gasteiger partial charge in [0.25, 0.3) is 0 Å². The molecule has 0 spiro atoms. The first-order chi connectivity index (χ1) is 15.7. The van der Waals surface area contributed by atoms with Crippen LogP contribution in [0.25, 0.3) is 22.4 Å². The van der Waals surface area contributed by atoms with E-state index in [2.05, 4.69) is 15.3 Å². The number of halogens is 1. The van der Waals surface area contributed by atoms with Crippen molar-refractivity contribution >= 4 is 22.9 Å². The number of aryl methyl sites for hydroxylation is 2. The monoisotopic (exact) mass is 436 g/mol. The number of nitrogens with zero attached hydrogens (tertiary/aromatic N) is 3. The largest absolute Gasteiger partial charge is 0.441 e. The van der Waals surface area contributed by atoms with Gasteiger partial charge in [-0.05, 0) is 37.6 Å². The van der Waals surface area contributed by atoms with Crippen molar-refractivity contribution in [3.05, 3.63) is 66.4 Å². The maximum atomic E-state index is 13.9. The molecule has 0 radical (unpaired) electrons. The van der Waals surface area contributed by atoms with Crippen molar-refractivity contribution in [1.82, 2.24) is 14.5 Å². The van der Waals surface area contributed by atoms with Gasteiger partial charge in [0.2, 0.25) is 11.9 Å². The Balaban J connectivity index is 1.40. The highest BCUT2D eigenvalue weighted by Crippen LogP contribution is 2.24. The highest BCUT2D eigenvalue weighted by molar-refractivity contribution is 5.91. The molecule has 0 aliphatic rings. The number of carbonyl (C=O) groups is 1. The number of amides is 1. The Kier molecular flexibility index (Phi) is 6.91. The summed E-state index contributed by atoms with van der Waals surface area (Å²) >= 11 is 0. The molecule has 4 rings (SSSR count). The molecular formula is C24H25FN4O3. The highest BCUT2D eigenvalue weighted by atomic mass is 19.1. The first-order valence-corrected chi connectivity index (χ1v) is 10.7. The number of para-hydroxylation sites is 2. The second-order valence-electron chi connectivity index (χ2n) is 7.27. The number of aromatic nitrogens is 3. The van der Waals surface area contributed by atoms with Crippen molar-refractivity contribution < 1.29 is 18.3 Å². The molecule has 32 heavy (non-hydrogen) atoms. The van der Waals surface area contributed by atoms with Gasteiger partial charge in [-0.15, -0.1) is 0 Å². The Morgan fingerprint density at radius 1 is 1.19 bits per heavy atom. The maximum Gasteiger partial charge on any atom is 0.227 e. The van der Waals surface area contributed by atoms with E-state index in [0.717, 1.165) is 17.5 Å². The molecule has 8 heteroatoms. The molecule has 1 amide bonds. The third-order valence-electron chi connectivity index (χ3n) is 5.04. The van der Waals surface area contributed by atoms with Gasteiger partial charge in [-0.1, -0.05) is 24.3 Å². The van der Waals surface area contributed by atoms with E-state index in [1.807, 2.05) is 35.8 Å². The predicted octanol–water partition coefficient (Wildman–Crippen LogP) is 4.83. The lowest BCUT2D eigenvalue weighted by Gasteiger charge is -2.10. The van der Waals surface area contributed by atoms with E-state index in [-0.39, 0.29) is 18.1 Å². The minimum atomic E-state index is -0.379. The minimum absolute atomic E-state index is 0.166. The average molecular weight is 436 g/mol. The zero-order chi connectivity index (χ0) is 22.3. The van der Waals surface area contributed by atoms with Gasteiger partial charge in [-0.25, -0.2) is 14.4 Å². The number of ether oxygens (including phenoxy) is 1. The molecule has 0 aliphatic carbocycles. The van der Waals surface area contributed by atoms with E-state index in [1.54, 1.807) is 18.2 Å². The summed E-state index contributed by atoms with van der Waals surface area (Å²) in [6.07, 6.45) is 2.75. The Morgan fingerprint density at radius 3 is 2.84 bits per heavy atom. The molecule has 0 saturated carbocycles. The summed E-state index contributed by atoms with van der Waals surface area (Å²) in [5.41, 5.74) is 2.12. The normalized spacial score (nSPS) is 11.2. The Labute approximate surface area is 185 Å². The van der Waals surface area contributed by atoms with Crippen molar-refractivity contribution in [1.29, 1.82) is 0 Å². The molecule has 0 aliphatic heterocycles. The third-order valence-corrected chi connectivity index (χ3v) is 5.04. The lowest BCUT2D eigenvalue weighted by Crippen LogP contribution is -2.17. The van der Waals surface area contributed by atoms with Crippen molar-refractivity contribution in [2.45, 2.75) is 32.7 Å². The van der Waals surface area contributed by atoms with Crippen LogP contribution in [0, 0.1) is 5.82 Å². The lowest BCUT2D eigenvalue weighted by molar-refractivity contribution is -0.116. The van der Waals surface area contributed by atoms with Crippen LogP contribution in [0.5, 0.6) is 0 Å². The summed E-state index contributed by atoms with van der Waals surface area (Å²) < 4.78 is 27.0. The summed E-state index contributed by atoms with van der Waals surface area (Å²) in [7, 11) is 0. The van der Waals surface area contributed by atoms with Gasteiger partial charge in [0.15, 0.2) is 11.7 Å². The molecule has 7 nitrogen and oxygen atoms in total. The maximum absolute atomic E-state index is 13.9. The van der Waals surface area contributed by atoms with Crippen LogP contribution in [0.2, 0.25) is 0 Å². The molecule has 0 saturated heterocycles. The first-order valence-electron chi connectivity index (χ1n) is 10.7. The van der Waals surface area contributed by atoms with Crippen molar-refractivity contribution in [3.8, 4) is 11.3 Å². The number of benzene rings is 2. The van der Waals surface area contributed by atoms with Crippen LogP contribution in [0.15, 0.2) is 59.1 Å². The lowest BCUT2D eigenvalue weighted by atomic mass is 10.2. The van der Waals surface area contributed by atoms with Gasteiger partial charge in [0.05, 0.1) is 22.8 Å². The number of fused-ring (bicyclic) bond motifs is 1. The quantitative estimate of drug-likeness (QED) is 0.360. The van der Waals surface area contributed by atoms with Crippen molar-refractivity contribution in [2.24, 2.45) is 0 Å². The Morgan fingerprint density at radius 2 is 2.00 bits per heavy atom. The number of carbonyl (C=O) groups excluding carboxylic acids is 1. The molecule has 0 atom stereocenters. The number of hydrogen-bond acceptors (Lipinski definition) is 5. The molecule has 0 unspecified atom stereocenters. The van der Waals surface area contributed by atoms with Crippen LogP contribution >= 0.6 is 0 Å². The van der Waals surface area contributed by atoms with Crippen LogP contribution in [-0.2, 0) is 22.5 Å². The third kappa shape index (κ3) is 5.03. The standard InChI is InChI=1S/C24H25FN4O3/c1-2-31-15-7-14-29-20-11-6-5-10-19(20)27-24(29)28-22(30)12-13-23-26-16-21(32-23)17-8-3-4-9-18(17)25/h3-6,8-11,16H,2,7,12-15H2,1H3,(H,27,28,30). The number of rotatable bonds is 10. The number of imidazole rings is 1. The summed E-state index contributed by atoms with van der Waals surface area (Å²) in [5, 5.41) is 2.90. The van der Waals surface area contributed by atoms with Gasteiger partial charge in [-0.3, -0.25) is 10.1 Å². The molecule has 4 aromatic rings. The Hall–Kier alpha value is -3.52. The SMILES string of the molecule is CCOCCCn1c(NC(=O)CCc2ncc(-c3ccccc3F)o2)nc2ccccc21.